The van der Waals surface area contributed by atoms with Crippen LogP contribution in [-0.2, 0) is 23.6 Å². The summed E-state index contributed by atoms with van der Waals surface area (Å²) in [5.41, 5.74) is 3.67. The Morgan fingerprint density at radius 1 is 0.839 bits per heavy atom. The summed E-state index contributed by atoms with van der Waals surface area (Å²) in [4.78, 5) is 25.6. The summed E-state index contributed by atoms with van der Waals surface area (Å²) in [5, 5.41) is 1.52. The summed E-state index contributed by atoms with van der Waals surface area (Å²) in [6.07, 6.45) is 1.24. The van der Waals surface area contributed by atoms with Gasteiger partial charge in [0.2, 0.25) is 0 Å². The number of hydrogen-bond donors (Lipinski definition) is 0. The molecule has 0 bridgehead atoms. The van der Waals surface area contributed by atoms with E-state index in [-0.39, 0.29) is 17.6 Å². The van der Waals surface area contributed by atoms with E-state index < -0.39 is 18.8 Å². The van der Waals surface area contributed by atoms with Crippen LogP contribution in [0, 0.1) is 0 Å². The van der Waals surface area contributed by atoms with Crippen molar-refractivity contribution < 1.29 is 23.6 Å². The molecule has 1 aliphatic heterocycles. The molecule has 0 amide bonds. The molecular formula is C25H39O5P. The summed E-state index contributed by atoms with van der Waals surface area (Å²) < 4.78 is 16.7. The van der Waals surface area contributed by atoms with E-state index in [4.69, 9.17) is 14.0 Å². The van der Waals surface area contributed by atoms with Gasteiger partial charge in [0, 0.05) is 0 Å². The second-order valence-electron chi connectivity index (χ2n) is 9.31. The first kappa shape index (κ1) is 25.4. The van der Waals surface area contributed by atoms with E-state index >= 15 is 0 Å². The number of carbonyl (C=O) groups excluding carboxylic acids is 2. The minimum absolute atomic E-state index is 0.00747. The van der Waals surface area contributed by atoms with Crippen molar-refractivity contribution in [1.82, 2.24) is 0 Å². The quantitative estimate of drug-likeness (QED) is 0.371. The molecule has 174 valence electrons. The Morgan fingerprint density at radius 2 is 1.29 bits per heavy atom. The standard InChI is InChI=1S/C25H39O5P/c1-11-31(12-2,23(25(27)29-10)21(30-31)24(26)28-9)22-19(16(5)6)13-18(15(3)4)14-20(22)17(7)8/h13-17H,11-12H2,1-10H3. The van der Waals surface area contributed by atoms with E-state index in [1.54, 1.807) is 0 Å². The molecular weight excluding hydrogens is 411 g/mol. The third-order valence-electron chi connectivity index (χ3n) is 6.75. The number of esters is 2. The molecule has 5 nitrogen and oxygen atoms in total. The van der Waals surface area contributed by atoms with E-state index in [0.29, 0.717) is 23.6 Å². The number of methoxy groups -OCH3 is 2. The fraction of sp³-hybridized carbons (Fsp3) is 0.600. The summed E-state index contributed by atoms with van der Waals surface area (Å²) in [7, 11) is 2.66. The molecule has 0 aromatic heterocycles. The molecule has 0 N–H and O–H groups in total. The molecule has 1 aromatic carbocycles. The molecule has 0 saturated heterocycles. The molecule has 0 saturated carbocycles. The first-order valence-corrected chi connectivity index (χ1v) is 13.8. The normalized spacial score (nSPS) is 18.3. The summed E-state index contributed by atoms with van der Waals surface area (Å²) >= 11 is 0. The number of rotatable bonds is 8. The molecule has 0 atom stereocenters. The van der Waals surface area contributed by atoms with E-state index in [1.165, 1.54) is 30.9 Å². The van der Waals surface area contributed by atoms with Crippen molar-refractivity contribution in [3.8, 4) is 0 Å². The zero-order chi connectivity index (χ0) is 23.7. The van der Waals surface area contributed by atoms with E-state index in [1.807, 2.05) is 0 Å². The van der Waals surface area contributed by atoms with Gasteiger partial charge in [0.05, 0.1) is 0 Å². The van der Waals surface area contributed by atoms with Gasteiger partial charge in [0.1, 0.15) is 0 Å². The maximum atomic E-state index is 13.1. The Labute approximate surface area is 187 Å². The predicted octanol–water partition coefficient (Wildman–Crippen LogP) is 5.78. The third kappa shape index (κ3) is 3.69. The van der Waals surface area contributed by atoms with Gasteiger partial charge < -0.3 is 0 Å². The summed E-state index contributed by atoms with van der Waals surface area (Å²) in [6, 6.07) is 4.54. The van der Waals surface area contributed by atoms with E-state index in [0.717, 1.165) is 5.30 Å². The molecule has 0 spiro atoms. The molecule has 0 radical (unpaired) electrons. The second kappa shape index (κ2) is 8.94. The molecule has 1 aromatic rings. The van der Waals surface area contributed by atoms with Crippen molar-refractivity contribution in [2.45, 2.75) is 73.1 Å². The first-order chi connectivity index (χ1) is 14.4. The number of hydrogen-bond acceptors (Lipinski definition) is 5. The second-order valence-corrected chi connectivity index (χ2v) is 14.5. The molecule has 1 heterocycles. The number of benzene rings is 1. The van der Waals surface area contributed by atoms with Crippen LogP contribution in [0.25, 0.3) is 0 Å². The van der Waals surface area contributed by atoms with Crippen molar-refractivity contribution in [3.63, 3.8) is 0 Å². The van der Waals surface area contributed by atoms with Crippen LogP contribution in [0.1, 0.15) is 89.8 Å². The summed E-state index contributed by atoms with van der Waals surface area (Å²) in [6.45, 7) is 13.8. The molecule has 0 aliphatic carbocycles. The van der Waals surface area contributed by atoms with E-state index in [2.05, 4.69) is 67.5 Å². The fourth-order valence-corrected chi connectivity index (χ4v) is 10.6. The zero-order valence-corrected chi connectivity index (χ0v) is 21.7. The first-order valence-electron chi connectivity index (χ1n) is 11.2. The number of carbonyl (C=O) groups is 2. The Morgan fingerprint density at radius 3 is 1.61 bits per heavy atom. The molecule has 31 heavy (non-hydrogen) atoms. The van der Waals surface area contributed by atoms with Crippen LogP contribution in [0.4, 0.5) is 0 Å². The summed E-state index contributed by atoms with van der Waals surface area (Å²) in [5.74, 6) is -0.277. The van der Waals surface area contributed by atoms with Crippen LogP contribution < -0.4 is 5.30 Å². The van der Waals surface area contributed by atoms with Crippen molar-refractivity contribution >= 4 is 24.1 Å². The van der Waals surface area contributed by atoms with Crippen LogP contribution in [0.5, 0.6) is 0 Å². The van der Waals surface area contributed by atoms with Crippen LogP contribution in [-0.4, -0.2) is 38.5 Å². The average Bonchev–Trinajstić information content (AvgIpc) is 2.73. The number of ether oxygens (including phenoxy) is 2. The van der Waals surface area contributed by atoms with Gasteiger partial charge in [-0.3, -0.25) is 0 Å². The monoisotopic (exact) mass is 450 g/mol. The van der Waals surface area contributed by atoms with Crippen molar-refractivity contribution in [2.24, 2.45) is 0 Å². The Hall–Kier alpha value is -1.87. The van der Waals surface area contributed by atoms with Crippen LogP contribution in [0.15, 0.2) is 23.2 Å². The molecule has 0 unspecified atom stereocenters. The molecule has 1 aliphatic rings. The van der Waals surface area contributed by atoms with Gasteiger partial charge in [0.25, 0.3) is 0 Å². The van der Waals surface area contributed by atoms with Gasteiger partial charge >= 0.3 is 187 Å². The van der Waals surface area contributed by atoms with Gasteiger partial charge in [-0.1, -0.05) is 0 Å². The van der Waals surface area contributed by atoms with Crippen LogP contribution in [0.2, 0.25) is 0 Å². The van der Waals surface area contributed by atoms with Crippen molar-refractivity contribution in [3.05, 3.63) is 39.9 Å². The maximum absolute atomic E-state index is 13.1. The van der Waals surface area contributed by atoms with Crippen LogP contribution in [0.3, 0.4) is 0 Å². The molecule has 2 rings (SSSR count). The van der Waals surface area contributed by atoms with Gasteiger partial charge in [-0.15, -0.1) is 0 Å². The fourth-order valence-electron chi connectivity index (χ4n) is 4.79. The SMILES string of the molecule is CCP1(CC)(c2c(C(C)C)cc(C(C)C)cc2C(C)C)OC(C(=O)OC)=C1C(=O)OC. The van der Waals surface area contributed by atoms with Gasteiger partial charge in [0.15, 0.2) is 0 Å². The topological polar surface area (TPSA) is 61.8 Å². The Kier molecular flexibility index (Phi) is 7.32. The molecule has 0 fully saturated rings. The van der Waals surface area contributed by atoms with Crippen molar-refractivity contribution in [2.75, 3.05) is 26.5 Å². The van der Waals surface area contributed by atoms with Crippen LogP contribution >= 0.6 is 6.83 Å². The van der Waals surface area contributed by atoms with Gasteiger partial charge in [-0.05, 0) is 0 Å². The minimum atomic E-state index is -3.45. The van der Waals surface area contributed by atoms with Gasteiger partial charge in [-0.2, -0.15) is 0 Å². The predicted molar refractivity (Wildman–Crippen MR) is 128 cm³/mol. The zero-order valence-electron chi connectivity index (χ0n) is 20.8. The third-order valence-corrected chi connectivity index (χ3v) is 13.0. The van der Waals surface area contributed by atoms with Gasteiger partial charge in [-0.25, -0.2) is 0 Å². The average molecular weight is 451 g/mol. The van der Waals surface area contributed by atoms with E-state index in [9.17, 15) is 9.59 Å². The molecule has 6 heteroatoms. The van der Waals surface area contributed by atoms with Crippen molar-refractivity contribution in [1.29, 1.82) is 0 Å². The Bertz CT molecular complexity index is 877. The Balaban J connectivity index is 3.10.